The molecule has 1 aliphatic heterocycles. The van der Waals surface area contributed by atoms with E-state index in [0.717, 1.165) is 25.2 Å². The number of rotatable bonds is 6. The van der Waals surface area contributed by atoms with Gasteiger partial charge in [0.2, 0.25) is 5.91 Å². The van der Waals surface area contributed by atoms with Gasteiger partial charge in [-0.1, -0.05) is 0 Å². The van der Waals surface area contributed by atoms with E-state index in [4.69, 9.17) is 5.73 Å². The zero-order chi connectivity index (χ0) is 18.6. The number of hydrogen-bond acceptors (Lipinski definition) is 5. The second-order valence-corrected chi connectivity index (χ2v) is 7.03. The molecule has 1 heterocycles. The van der Waals surface area contributed by atoms with Crippen molar-refractivity contribution >= 4 is 23.2 Å². The van der Waals surface area contributed by atoms with Crippen molar-refractivity contribution < 1.29 is 9.59 Å². The van der Waals surface area contributed by atoms with Crippen LogP contribution < -0.4 is 21.3 Å². The largest absolute Gasteiger partial charge is 0.398 e. The fraction of sp³-hybridized carbons (Fsp3) is 0.556. The number of carbonyl (C=O) groups excluding carboxylic acids is 2. The normalized spacial score (nSPS) is 17.2. The molecule has 1 unspecified atom stereocenters. The summed E-state index contributed by atoms with van der Waals surface area (Å²) in [4.78, 5) is 28.6. The van der Waals surface area contributed by atoms with Crippen molar-refractivity contribution in [1.82, 2.24) is 15.5 Å². The molecular formula is C18H29N5O2. The van der Waals surface area contributed by atoms with E-state index < -0.39 is 0 Å². The number of benzene rings is 1. The summed E-state index contributed by atoms with van der Waals surface area (Å²) in [6.07, 6.45) is 1.09. The van der Waals surface area contributed by atoms with Gasteiger partial charge >= 0.3 is 0 Å². The maximum absolute atomic E-state index is 12.4. The zero-order valence-corrected chi connectivity index (χ0v) is 15.5. The summed E-state index contributed by atoms with van der Waals surface area (Å²) in [6.45, 7) is 5.56. The third kappa shape index (κ3) is 5.09. The van der Waals surface area contributed by atoms with Crippen molar-refractivity contribution in [2.75, 3.05) is 44.4 Å². The molecule has 7 nitrogen and oxygen atoms in total. The summed E-state index contributed by atoms with van der Waals surface area (Å²) in [7, 11) is 4.16. The number of likely N-dealkylation sites (N-methyl/N-ethyl adjacent to an activating group) is 1. The van der Waals surface area contributed by atoms with Crippen LogP contribution in [0, 0.1) is 0 Å². The molecule has 1 aromatic carbocycles. The van der Waals surface area contributed by atoms with Gasteiger partial charge in [0.25, 0.3) is 5.91 Å². The van der Waals surface area contributed by atoms with E-state index in [2.05, 4.69) is 34.5 Å². The number of anilines is 2. The Balaban J connectivity index is 2.03. The van der Waals surface area contributed by atoms with Gasteiger partial charge in [0, 0.05) is 36.5 Å². The van der Waals surface area contributed by atoms with Crippen LogP contribution in [0.15, 0.2) is 18.2 Å². The molecule has 1 saturated heterocycles. The molecular weight excluding hydrogens is 318 g/mol. The van der Waals surface area contributed by atoms with Crippen molar-refractivity contribution in [3.63, 3.8) is 0 Å². The second kappa shape index (κ2) is 8.20. The van der Waals surface area contributed by atoms with Gasteiger partial charge < -0.3 is 26.2 Å². The molecule has 0 saturated carbocycles. The zero-order valence-electron chi connectivity index (χ0n) is 15.5. The highest BCUT2D eigenvalue weighted by Crippen LogP contribution is 2.25. The monoisotopic (exact) mass is 347 g/mol. The maximum Gasteiger partial charge on any atom is 0.253 e. The van der Waals surface area contributed by atoms with Gasteiger partial charge in [0.05, 0.1) is 12.1 Å². The molecule has 1 aromatic rings. The number of nitrogen functional groups attached to an aromatic ring is 1. The second-order valence-electron chi connectivity index (χ2n) is 7.03. The molecule has 2 rings (SSSR count). The van der Waals surface area contributed by atoms with Gasteiger partial charge in [-0.3, -0.25) is 9.59 Å². The van der Waals surface area contributed by atoms with Gasteiger partial charge in [-0.15, -0.1) is 0 Å². The molecule has 0 spiro atoms. The molecule has 7 heteroatoms. The minimum atomic E-state index is -0.332. The summed E-state index contributed by atoms with van der Waals surface area (Å²) >= 11 is 0. The van der Waals surface area contributed by atoms with Gasteiger partial charge in [0.15, 0.2) is 0 Å². The molecule has 2 amide bonds. The van der Waals surface area contributed by atoms with Crippen LogP contribution in [0.25, 0.3) is 0 Å². The lowest BCUT2D eigenvalue weighted by molar-refractivity contribution is -0.120. The van der Waals surface area contributed by atoms with Crippen LogP contribution >= 0.6 is 0 Å². The Kier molecular flexibility index (Phi) is 6.25. The van der Waals surface area contributed by atoms with Crippen molar-refractivity contribution in [3.8, 4) is 0 Å². The Morgan fingerprint density at radius 1 is 1.36 bits per heavy atom. The lowest BCUT2D eigenvalue weighted by Crippen LogP contribution is -2.40. The lowest BCUT2D eigenvalue weighted by atomic mass is 10.1. The number of nitrogens with one attached hydrogen (secondary N) is 2. The quantitative estimate of drug-likeness (QED) is 0.658. The summed E-state index contributed by atoms with van der Waals surface area (Å²) in [6, 6.07) is 6.05. The fourth-order valence-corrected chi connectivity index (χ4v) is 2.96. The van der Waals surface area contributed by atoms with Crippen molar-refractivity contribution in [1.29, 1.82) is 0 Å². The standard InChI is InChI=1S/C18H29N5O2/c1-12(2)21-17(24)10-20-18(25)15-9-13(5-6-16(15)19)23-8-7-14(11-23)22(3)4/h5-6,9,12,14H,7-8,10-11,19H2,1-4H3,(H,20,25)(H,21,24). The van der Waals surface area contributed by atoms with E-state index in [1.165, 1.54) is 0 Å². The van der Waals surface area contributed by atoms with E-state index in [-0.39, 0.29) is 24.4 Å². The van der Waals surface area contributed by atoms with Crippen LogP contribution in [0.3, 0.4) is 0 Å². The Hall–Kier alpha value is -2.28. The van der Waals surface area contributed by atoms with Crippen molar-refractivity contribution in [3.05, 3.63) is 23.8 Å². The minimum Gasteiger partial charge on any atom is -0.398 e. The molecule has 1 fully saturated rings. The Morgan fingerprint density at radius 3 is 2.68 bits per heavy atom. The third-order valence-electron chi connectivity index (χ3n) is 4.40. The smallest absolute Gasteiger partial charge is 0.253 e. The number of amides is 2. The van der Waals surface area contributed by atoms with Crippen molar-refractivity contribution in [2.45, 2.75) is 32.4 Å². The average Bonchev–Trinajstić information content (AvgIpc) is 3.02. The fourth-order valence-electron chi connectivity index (χ4n) is 2.96. The first kappa shape index (κ1) is 19.1. The highest BCUT2D eigenvalue weighted by molar-refractivity contribution is 6.01. The SMILES string of the molecule is CC(C)NC(=O)CNC(=O)c1cc(N2CCC(N(C)C)C2)ccc1N. The summed E-state index contributed by atoms with van der Waals surface area (Å²) < 4.78 is 0. The van der Waals surface area contributed by atoms with Crippen LogP contribution in [0.2, 0.25) is 0 Å². The lowest BCUT2D eigenvalue weighted by Gasteiger charge is -2.22. The summed E-state index contributed by atoms with van der Waals surface area (Å²) in [5.41, 5.74) is 7.76. The number of hydrogen-bond donors (Lipinski definition) is 3. The van der Waals surface area contributed by atoms with Gasteiger partial charge in [-0.05, 0) is 52.6 Å². The number of carbonyl (C=O) groups is 2. The van der Waals surface area contributed by atoms with E-state index in [1.54, 1.807) is 6.07 Å². The topological polar surface area (TPSA) is 90.7 Å². The molecule has 138 valence electrons. The van der Waals surface area contributed by atoms with E-state index >= 15 is 0 Å². The molecule has 4 N–H and O–H groups in total. The van der Waals surface area contributed by atoms with E-state index in [1.807, 2.05) is 26.0 Å². The molecule has 1 aliphatic rings. The first-order chi connectivity index (χ1) is 11.8. The Labute approximate surface area is 149 Å². The maximum atomic E-state index is 12.4. The van der Waals surface area contributed by atoms with Crippen LogP contribution in [0.1, 0.15) is 30.6 Å². The number of nitrogens with zero attached hydrogens (tertiary/aromatic N) is 2. The predicted molar refractivity (Wildman–Crippen MR) is 101 cm³/mol. The van der Waals surface area contributed by atoms with Crippen LogP contribution in [-0.2, 0) is 4.79 Å². The van der Waals surface area contributed by atoms with Crippen molar-refractivity contribution in [2.24, 2.45) is 0 Å². The molecule has 0 aliphatic carbocycles. The Bertz CT molecular complexity index is 630. The molecule has 1 atom stereocenters. The highest BCUT2D eigenvalue weighted by atomic mass is 16.2. The average molecular weight is 347 g/mol. The van der Waals surface area contributed by atoms with Gasteiger partial charge in [0.1, 0.15) is 0 Å². The van der Waals surface area contributed by atoms with Gasteiger partial charge in [-0.2, -0.15) is 0 Å². The highest BCUT2D eigenvalue weighted by Gasteiger charge is 2.25. The van der Waals surface area contributed by atoms with E-state index in [0.29, 0.717) is 17.3 Å². The first-order valence-electron chi connectivity index (χ1n) is 8.66. The molecule has 0 radical (unpaired) electrons. The van der Waals surface area contributed by atoms with E-state index in [9.17, 15) is 9.59 Å². The molecule has 25 heavy (non-hydrogen) atoms. The third-order valence-corrected chi connectivity index (χ3v) is 4.40. The molecule has 0 aromatic heterocycles. The van der Waals surface area contributed by atoms with Crippen LogP contribution in [0.4, 0.5) is 11.4 Å². The van der Waals surface area contributed by atoms with Crippen LogP contribution in [-0.4, -0.2) is 62.5 Å². The predicted octanol–water partition coefficient (Wildman–Crippen LogP) is 0.664. The van der Waals surface area contributed by atoms with Gasteiger partial charge in [-0.25, -0.2) is 0 Å². The summed E-state index contributed by atoms with van der Waals surface area (Å²) in [5.74, 6) is -0.548. The molecule has 0 bridgehead atoms. The Morgan fingerprint density at radius 2 is 2.08 bits per heavy atom. The first-order valence-corrected chi connectivity index (χ1v) is 8.66. The van der Waals surface area contributed by atoms with Crippen LogP contribution in [0.5, 0.6) is 0 Å². The minimum absolute atomic E-state index is 0.0395. The summed E-state index contributed by atoms with van der Waals surface area (Å²) in [5, 5.41) is 5.37. The number of nitrogens with two attached hydrogens (primary N) is 1.